The van der Waals surface area contributed by atoms with E-state index < -0.39 is 0 Å². The monoisotopic (exact) mass is 266 g/mol. The van der Waals surface area contributed by atoms with Crippen molar-refractivity contribution < 1.29 is 13.9 Å². The van der Waals surface area contributed by atoms with Crippen molar-refractivity contribution in [3.05, 3.63) is 35.1 Å². The molecule has 2 N–H and O–H groups in total. The normalized spacial score (nSPS) is 20.9. The largest absolute Gasteiger partial charge is 0.378 e. The lowest BCUT2D eigenvalue weighted by Gasteiger charge is -2.25. The molecule has 2 atom stereocenters. The predicted octanol–water partition coefficient (Wildman–Crippen LogP) is 1.30. The van der Waals surface area contributed by atoms with Crippen LogP contribution in [0.4, 0.5) is 4.39 Å². The number of morpholine rings is 1. The SMILES string of the molecule is Cc1ccc(C(C)NC(=O)C2COCCN2)cc1F. The van der Waals surface area contributed by atoms with E-state index in [-0.39, 0.29) is 23.8 Å². The number of amides is 1. The van der Waals surface area contributed by atoms with Crippen LogP contribution in [0.3, 0.4) is 0 Å². The molecule has 1 aliphatic heterocycles. The molecule has 0 radical (unpaired) electrons. The average Bonchev–Trinajstić information content (AvgIpc) is 2.42. The number of hydrogen-bond acceptors (Lipinski definition) is 3. The first-order valence-corrected chi connectivity index (χ1v) is 6.45. The maximum absolute atomic E-state index is 13.5. The molecular weight excluding hydrogens is 247 g/mol. The third-order valence-corrected chi connectivity index (χ3v) is 3.29. The van der Waals surface area contributed by atoms with Gasteiger partial charge in [0.1, 0.15) is 11.9 Å². The second-order valence-corrected chi connectivity index (χ2v) is 4.82. The molecule has 1 aliphatic rings. The van der Waals surface area contributed by atoms with E-state index in [0.717, 1.165) is 5.56 Å². The van der Waals surface area contributed by atoms with Gasteiger partial charge in [0.25, 0.3) is 0 Å². The topological polar surface area (TPSA) is 50.4 Å². The van der Waals surface area contributed by atoms with Crippen molar-refractivity contribution in [2.24, 2.45) is 0 Å². The van der Waals surface area contributed by atoms with Crippen LogP contribution >= 0.6 is 0 Å². The number of hydrogen-bond donors (Lipinski definition) is 2. The number of carbonyl (C=O) groups excluding carboxylic acids is 1. The molecule has 1 aromatic rings. The maximum atomic E-state index is 13.5. The van der Waals surface area contributed by atoms with Crippen molar-refractivity contribution in [1.29, 1.82) is 0 Å². The van der Waals surface area contributed by atoms with Gasteiger partial charge in [0, 0.05) is 6.54 Å². The van der Waals surface area contributed by atoms with Crippen molar-refractivity contribution in [3.63, 3.8) is 0 Å². The summed E-state index contributed by atoms with van der Waals surface area (Å²) >= 11 is 0. The molecule has 1 aromatic carbocycles. The van der Waals surface area contributed by atoms with Gasteiger partial charge in [-0.3, -0.25) is 4.79 Å². The molecule has 0 saturated carbocycles. The van der Waals surface area contributed by atoms with Crippen LogP contribution in [0.1, 0.15) is 24.1 Å². The van der Waals surface area contributed by atoms with Crippen molar-refractivity contribution in [1.82, 2.24) is 10.6 Å². The van der Waals surface area contributed by atoms with Gasteiger partial charge >= 0.3 is 0 Å². The molecule has 4 nitrogen and oxygen atoms in total. The molecule has 1 heterocycles. The third-order valence-electron chi connectivity index (χ3n) is 3.29. The van der Waals surface area contributed by atoms with Crippen molar-refractivity contribution in [2.45, 2.75) is 25.9 Å². The molecule has 1 fully saturated rings. The van der Waals surface area contributed by atoms with Crippen LogP contribution in [0.15, 0.2) is 18.2 Å². The summed E-state index contributed by atoms with van der Waals surface area (Å²) in [6.07, 6.45) is 0. The van der Waals surface area contributed by atoms with Gasteiger partial charge in [0.15, 0.2) is 0 Å². The van der Waals surface area contributed by atoms with Crippen LogP contribution in [-0.2, 0) is 9.53 Å². The fraction of sp³-hybridized carbons (Fsp3) is 0.500. The number of ether oxygens (including phenoxy) is 1. The van der Waals surface area contributed by atoms with Gasteiger partial charge in [0.05, 0.1) is 19.3 Å². The summed E-state index contributed by atoms with van der Waals surface area (Å²) in [5.41, 5.74) is 1.36. The highest BCUT2D eigenvalue weighted by Crippen LogP contribution is 2.16. The molecular formula is C14H19FN2O2. The van der Waals surface area contributed by atoms with E-state index in [1.54, 1.807) is 13.0 Å². The minimum Gasteiger partial charge on any atom is -0.378 e. The fourth-order valence-corrected chi connectivity index (χ4v) is 2.01. The molecule has 19 heavy (non-hydrogen) atoms. The highest BCUT2D eigenvalue weighted by atomic mass is 19.1. The quantitative estimate of drug-likeness (QED) is 0.867. The molecule has 104 valence electrons. The smallest absolute Gasteiger partial charge is 0.240 e. The van der Waals surface area contributed by atoms with Gasteiger partial charge < -0.3 is 15.4 Å². The van der Waals surface area contributed by atoms with Gasteiger partial charge in [-0.25, -0.2) is 4.39 Å². The first kappa shape index (κ1) is 14.0. The summed E-state index contributed by atoms with van der Waals surface area (Å²) in [5, 5.41) is 5.95. The summed E-state index contributed by atoms with van der Waals surface area (Å²) in [6.45, 7) is 5.23. The number of carbonyl (C=O) groups is 1. The van der Waals surface area contributed by atoms with E-state index in [4.69, 9.17) is 4.74 Å². The summed E-state index contributed by atoms with van der Waals surface area (Å²) in [6, 6.07) is 4.45. The molecule has 5 heteroatoms. The van der Waals surface area contributed by atoms with Crippen molar-refractivity contribution >= 4 is 5.91 Å². The summed E-state index contributed by atoms with van der Waals surface area (Å²) in [7, 11) is 0. The second kappa shape index (κ2) is 6.12. The minimum absolute atomic E-state index is 0.117. The number of rotatable bonds is 3. The fourth-order valence-electron chi connectivity index (χ4n) is 2.01. The molecule has 0 spiro atoms. The highest BCUT2D eigenvalue weighted by Gasteiger charge is 2.22. The summed E-state index contributed by atoms with van der Waals surface area (Å²) in [5.74, 6) is -0.370. The van der Waals surface area contributed by atoms with E-state index in [1.165, 1.54) is 6.07 Å². The third kappa shape index (κ3) is 3.52. The van der Waals surface area contributed by atoms with Gasteiger partial charge in [-0.05, 0) is 31.0 Å². The Balaban J connectivity index is 1.97. The zero-order valence-corrected chi connectivity index (χ0v) is 11.2. The Morgan fingerprint density at radius 2 is 2.37 bits per heavy atom. The molecule has 1 amide bonds. The number of benzene rings is 1. The van der Waals surface area contributed by atoms with Gasteiger partial charge in [-0.1, -0.05) is 12.1 Å². The van der Waals surface area contributed by atoms with Crippen LogP contribution in [0, 0.1) is 12.7 Å². The molecule has 2 rings (SSSR count). The number of halogens is 1. The Morgan fingerprint density at radius 1 is 1.58 bits per heavy atom. The highest BCUT2D eigenvalue weighted by molar-refractivity contribution is 5.82. The van der Waals surface area contributed by atoms with Crippen LogP contribution < -0.4 is 10.6 Å². The lowest BCUT2D eigenvalue weighted by Crippen LogP contribution is -2.51. The zero-order chi connectivity index (χ0) is 13.8. The molecule has 1 saturated heterocycles. The Labute approximate surface area is 112 Å². The second-order valence-electron chi connectivity index (χ2n) is 4.82. The van der Waals surface area contributed by atoms with Crippen molar-refractivity contribution in [2.75, 3.05) is 19.8 Å². The molecule has 0 aliphatic carbocycles. The zero-order valence-electron chi connectivity index (χ0n) is 11.2. The van der Waals surface area contributed by atoms with Crippen LogP contribution in [-0.4, -0.2) is 31.7 Å². The Morgan fingerprint density at radius 3 is 3.00 bits per heavy atom. The Kier molecular flexibility index (Phi) is 4.50. The molecule has 2 unspecified atom stereocenters. The summed E-state index contributed by atoms with van der Waals surface area (Å²) < 4.78 is 18.7. The van der Waals surface area contributed by atoms with Crippen LogP contribution in [0.2, 0.25) is 0 Å². The Hall–Kier alpha value is -1.46. The lowest BCUT2D eigenvalue weighted by atomic mass is 10.1. The maximum Gasteiger partial charge on any atom is 0.240 e. The van der Waals surface area contributed by atoms with E-state index in [9.17, 15) is 9.18 Å². The molecule has 0 bridgehead atoms. The van der Waals surface area contributed by atoms with E-state index >= 15 is 0 Å². The standard InChI is InChI=1S/C14H19FN2O2/c1-9-3-4-11(7-12(9)15)10(2)17-14(18)13-8-19-6-5-16-13/h3-4,7,10,13,16H,5-6,8H2,1-2H3,(H,17,18). The van der Waals surface area contributed by atoms with E-state index in [2.05, 4.69) is 10.6 Å². The average molecular weight is 266 g/mol. The number of nitrogens with one attached hydrogen (secondary N) is 2. The minimum atomic E-state index is -0.327. The number of aryl methyl sites for hydroxylation is 1. The van der Waals surface area contributed by atoms with E-state index in [0.29, 0.717) is 25.3 Å². The van der Waals surface area contributed by atoms with Crippen molar-refractivity contribution in [3.8, 4) is 0 Å². The van der Waals surface area contributed by atoms with E-state index in [1.807, 2.05) is 13.0 Å². The van der Waals surface area contributed by atoms with Crippen LogP contribution in [0.5, 0.6) is 0 Å². The summed E-state index contributed by atoms with van der Waals surface area (Å²) in [4.78, 5) is 12.0. The first-order valence-electron chi connectivity index (χ1n) is 6.45. The Bertz CT molecular complexity index is 459. The molecule has 0 aromatic heterocycles. The van der Waals surface area contributed by atoms with Gasteiger partial charge in [-0.15, -0.1) is 0 Å². The lowest BCUT2D eigenvalue weighted by molar-refractivity contribution is -0.126. The van der Waals surface area contributed by atoms with Gasteiger partial charge in [-0.2, -0.15) is 0 Å². The first-order chi connectivity index (χ1) is 9.08. The predicted molar refractivity (Wildman–Crippen MR) is 70.3 cm³/mol. The van der Waals surface area contributed by atoms with Gasteiger partial charge in [0.2, 0.25) is 5.91 Å². The van der Waals surface area contributed by atoms with Crippen LogP contribution in [0.25, 0.3) is 0 Å².